The molecule has 1 atom stereocenters. The smallest absolute Gasteiger partial charge is 0.213 e. The Morgan fingerprint density at radius 2 is 1.83 bits per heavy atom. The van der Waals surface area contributed by atoms with Crippen LogP contribution in [0.5, 0.6) is 5.88 Å². The van der Waals surface area contributed by atoms with Crippen LogP contribution in [0.25, 0.3) is 0 Å². The first-order valence-corrected chi connectivity index (χ1v) is 6.07. The van der Waals surface area contributed by atoms with Crippen molar-refractivity contribution in [1.29, 1.82) is 0 Å². The molecule has 2 aromatic rings. The van der Waals surface area contributed by atoms with E-state index in [1.54, 1.807) is 7.11 Å². The Bertz CT molecular complexity index is 485. The molecule has 0 bridgehead atoms. The van der Waals surface area contributed by atoms with Crippen molar-refractivity contribution in [2.75, 3.05) is 7.11 Å². The van der Waals surface area contributed by atoms with Crippen LogP contribution in [-0.2, 0) is 12.8 Å². The van der Waals surface area contributed by atoms with E-state index in [0.717, 1.165) is 18.5 Å². The van der Waals surface area contributed by atoms with Crippen LogP contribution in [0, 0.1) is 0 Å². The molecule has 1 unspecified atom stereocenters. The van der Waals surface area contributed by atoms with Crippen molar-refractivity contribution in [3.05, 3.63) is 59.8 Å². The number of rotatable bonds is 5. The minimum Gasteiger partial charge on any atom is -0.481 e. The van der Waals surface area contributed by atoms with E-state index < -0.39 is 0 Å². The molecule has 1 aromatic heterocycles. The van der Waals surface area contributed by atoms with E-state index in [9.17, 15) is 0 Å². The number of benzene rings is 1. The van der Waals surface area contributed by atoms with Gasteiger partial charge < -0.3 is 10.5 Å². The Hall–Kier alpha value is -1.87. The van der Waals surface area contributed by atoms with Gasteiger partial charge in [0.15, 0.2) is 0 Å². The maximum Gasteiger partial charge on any atom is 0.213 e. The van der Waals surface area contributed by atoms with Crippen molar-refractivity contribution in [2.24, 2.45) is 5.73 Å². The molecule has 2 rings (SSSR count). The summed E-state index contributed by atoms with van der Waals surface area (Å²) in [4.78, 5) is 4.37. The van der Waals surface area contributed by atoms with Gasteiger partial charge >= 0.3 is 0 Å². The molecule has 3 nitrogen and oxygen atoms in total. The van der Waals surface area contributed by atoms with Crippen molar-refractivity contribution in [3.63, 3.8) is 0 Å². The molecule has 0 fully saturated rings. The Balaban J connectivity index is 1.96. The predicted octanol–water partition coefficient (Wildman–Crippen LogP) is 2.20. The topological polar surface area (TPSA) is 48.1 Å². The van der Waals surface area contributed by atoms with Gasteiger partial charge in [-0.25, -0.2) is 4.98 Å². The molecule has 94 valence electrons. The second-order valence-electron chi connectivity index (χ2n) is 4.33. The molecule has 1 heterocycles. The van der Waals surface area contributed by atoms with Gasteiger partial charge in [0.05, 0.1) is 7.11 Å². The summed E-state index contributed by atoms with van der Waals surface area (Å²) in [5.41, 5.74) is 8.38. The molecular formula is C15H18N2O. The van der Waals surface area contributed by atoms with Crippen LogP contribution < -0.4 is 10.5 Å². The average molecular weight is 242 g/mol. The number of aromatic nitrogens is 1. The first kappa shape index (κ1) is 12.6. The first-order chi connectivity index (χ1) is 8.78. The van der Waals surface area contributed by atoms with Gasteiger partial charge in [-0.15, -0.1) is 0 Å². The van der Waals surface area contributed by atoms with Gasteiger partial charge in [0, 0.05) is 24.2 Å². The van der Waals surface area contributed by atoms with E-state index in [1.807, 2.05) is 36.4 Å². The zero-order valence-corrected chi connectivity index (χ0v) is 10.5. The third-order valence-corrected chi connectivity index (χ3v) is 2.80. The monoisotopic (exact) mass is 242 g/mol. The normalized spacial score (nSPS) is 12.1. The van der Waals surface area contributed by atoms with Gasteiger partial charge in [-0.2, -0.15) is 0 Å². The zero-order chi connectivity index (χ0) is 12.8. The highest BCUT2D eigenvalue weighted by Gasteiger charge is 2.07. The van der Waals surface area contributed by atoms with Gasteiger partial charge in [-0.1, -0.05) is 36.4 Å². The molecule has 0 amide bonds. The average Bonchev–Trinajstić information content (AvgIpc) is 2.40. The number of methoxy groups -OCH3 is 1. The van der Waals surface area contributed by atoms with E-state index in [0.29, 0.717) is 5.88 Å². The second-order valence-corrected chi connectivity index (χ2v) is 4.33. The lowest BCUT2D eigenvalue weighted by atomic mass is 10.0. The number of nitrogens with two attached hydrogens (primary N) is 1. The molecule has 0 aliphatic heterocycles. The molecule has 0 saturated heterocycles. The lowest BCUT2D eigenvalue weighted by Gasteiger charge is -2.11. The van der Waals surface area contributed by atoms with Gasteiger partial charge in [-0.3, -0.25) is 0 Å². The summed E-state index contributed by atoms with van der Waals surface area (Å²) in [6.45, 7) is 0. The van der Waals surface area contributed by atoms with Gasteiger partial charge in [0.2, 0.25) is 5.88 Å². The minimum atomic E-state index is 0.0759. The van der Waals surface area contributed by atoms with Gasteiger partial charge in [0.1, 0.15) is 0 Å². The van der Waals surface area contributed by atoms with Crippen LogP contribution in [0.4, 0.5) is 0 Å². The lowest BCUT2D eigenvalue weighted by molar-refractivity contribution is 0.395. The molecule has 18 heavy (non-hydrogen) atoms. The fraction of sp³-hybridized carbons (Fsp3) is 0.267. The summed E-state index contributed by atoms with van der Waals surface area (Å²) in [5, 5.41) is 0. The van der Waals surface area contributed by atoms with E-state index in [4.69, 9.17) is 10.5 Å². The maximum absolute atomic E-state index is 6.15. The van der Waals surface area contributed by atoms with E-state index >= 15 is 0 Å². The largest absolute Gasteiger partial charge is 0.481 e. The zero-order valence-electron chi connectivity index (χ0n) is 10.5. The Kier molecular flexibility index (Phi) is 4.31. The summed E-state index contributed by atoms with van der Waals surface area (Å²) in [6, 6.07) is 16.1. The number of ether oxygens (including phenoxy) is 1. The number of hydrogen-bond donors (Lipinski definition) is 1. The Morgan fingerprint density at radius 1 is 1.06 bits per heavy atom. The fourth-order valence-electron chi connectivity index (χ4n) is 1.94. The molecule has 0 aliphatic carbocycles. The predicted molar refractivity (Wildman–Crippen MR) is 72.6 cm³/mol. The van der Waals surface area contributed by atoms with Crippen molar-refractivity contribution in [2.45, 2.75) is 18.9 Å². The van der Waals surface area contributed by atoms with Crippen LogP contribution in [0.1, 0.15) is 11.3 Å². The Morgan fingerprint density at radius 3 is 2.56 bits per heavy atom. The molecule has 1 aromatic carbocycles. The van der Waals surface area contributed by atoms with Crippen molar-refractivity contribution in [3.8, 4) is 5.88 Å². The van der Waals surface area contributed by atoms with Crippen molar-refractivity contribution in [1.82, 2.24) is 4.98 Å². The minimum absolute atomic E-state index is 0.0759. The van der Waals surface area contributed by atoms with Crippen molar-refractivity contribution >= 4 is 0 Å². The highest BCUT2D eigenvalue weighted by Crippen LogP contribution is 2.10. The third kappa shape index (κ3) is 3.57. The fourth-order valence-corrected chi connectivity index (χ4v) is 1.94. The van der Waals surface area contributed by atoms with E-state index in [1.165, 1.54) is 5.56 Å². The molecule has 3 heteroatoms. The summed E-state index contributed by atoms with van der Waals surface area (Å²) < 4.78 is 5.10. The van der Waals surface area contributed by atoms with Gasteiger partial charge in [-0.05, 0) is 18.1 Å². The lowest BCUT2D eigenvalue weighted by Crippen LogP contribution is -2.25. The highest BCUT2D eigenvalue weighted by atomic mass is 16.5. The van der Waals surface area contributed by atoms with Gasteiger partial charge in [0.25, 0.3) is 0 Å². The number of hydrogen-bond acceptors (Lipinski definition) is 3. The second kappa shape index (κ2) is 6.17. The summed E-state index contributed by atoms with van der Waals surface area (Å²) in [5.74, 6) is 0.638. The SMILES string of the molecule is COc1cccc(CC(N)Cc2ccccc2)n1. The maximum atomic E-state index is 6.15. The highest BCUT2D eigenvalue weighted by molar-refractivity contribution is 5.19. The number of pyridine rings is 1. The van der Waals surface area contributed by atoms with Crippen LogP contribution in [0.15, 0.2) is 48.5 Å². The van der Waals surface area contributed by atoms with Crippen LogP contribution in [0.2, 0.25) is 0 Å². The summed E-state index contributed by atoms with van der Waals surface area (Å²) in [7, 11) is 1.62. The third-order valence-electron chi connectivity index (χ3n) is 2.80. The summed E-state index contributed by atoms with van der Waals surface area (Å²) >= 11 is 0. The molecule has 0 radical (unpaired) electrons. The molecule has 0 aliphatic rings. The van der Waals surface area contributed by atoms with Crippen LogP contribution >= 0.6 is 0 Å². The molecule has 0 saturated carbocycles. The molecule has 0 spiro atoms. The first-order valence-electron chi connectivity index (χ1n) is 6.07. The van der Waals surface area contributed by atoms with Crippen molar-refractivity contribution < 1.29 is 4.74 Å². The van der Waals surface area contributed by atoms with E-state index in [-0.39, 0.29) is 6.04 Å². The number of nitrogens with zero attached hydrogens (tertiary/aromatic N) is 1. The summed E-state index contributed by atoms with van der Waals surface area (Å²) in [6.07, 6.45) is 1.62. The molecule has 2 N–H and O–H groups in total. The Labute approximate surface area is 108 Å². The van der Waals surface area contributed by atoms with E-state index in [2.05, 4.69) is 17.1 Å². The van der Waals surface area contributed by atoms with Crippen LogP contribution in [-0.4, -0.2) is 18.1 Å². The standard InChI is InChI=1S/C15H18N2O/c1-18-15-9-5-8-14(17-15)11-13(16)10-12-6-3-2-4-7-12/h2-9,13H,10-11,16H2,1H3. The van der Waals surface area contributed by atoms with Crippen LogP contribution in [0.3, 0.4) is 0 Å². The quantitative estimate of drug-likeness (QED) is 0.874. The molecular weight excluding hydrogens is 224 g/mol.